The van der Waals surface area contributed by atoms with Crippen LogP contribution in [0.4, 0.5) is 4.79 Å². The first-order valence-electron chi connectivity index (χ1n) is 14.1. The first kappa shape index (κ1) is 33.2. The Morgan fingerprint density at radius 3 is 2.22 bits per heavy atom. The highest BCUT2D eigenvalue weighted by atomic mass is 16.6. The second kappa shape index (κ2) is 16.2. The molecule has 1 heterocycles. The summed E-state index contributed by atoms with van der Waals surface area (Å²) in [6.07, 6.45) is 6.63. The van der Waals surface area contributed by atoms with Gasteiger partial charge >= 0.3 is 6.09 Å². The lowest BCUT2D eigenvalue weighted by molar-refractivity contribution is -0.140. The van der Waals surface area contributed by atoms with Crippen molar-refractivity contribution in [2.24, 2.45) is 11.1 Å². The minimum Gasteiger partial charge on any atom is -0.444 e. The highest BCUT2D eigenvalue weighted by molar-refractivity contribution is 5.88. The largest absolute Gasteiger partial charge is 0.444 e. The molecule has 0 bridgehead atoms. The van der Waals surface area contributed by atoms with E-state index in [9.17, 15) is 14.4 Å². The number of rotatable bonds is 15. The summed E-state index contributed by atoms with van der Waals surface area (Å²) in [6.45, 7) is 16.9. The second-order valence-corrected chi connectivity index (χ2v) is 12.3. The molecule has 2 unspecified atom stereocenters. The summed E-state index contributed by atoms with van der Waals surface area (Å²) in [5.41, 5.74) is 4.57. The number of likely N-dealkylation sites (tertiary alicyclic amines) is 1. The number of unbranched alkanes of at least 4 members (excludes halogenated alkanes) is 4. The van der Waals surface area contributed by atoms with Gasteiger partial charge in [-0.3, -0.25) is 9.59 Å². The minimum atomic E-state index is -0.544. The Morgan fingerprint density at radius 2 is 1.65 bits per heavy atom. The smallest absolute Gasteiger partial charge is 0.410 e. The molecule has 37 heavy (non-hydrogen) atoms. The summed E-state index contributed by atoms with van der Waals surface area (Å²) < 4.78 is 11.0. The molecule has 0 spiro atoms. The van der Waals surface area contributed by atoms with Crippen LogP contribution in [-0.2, 0) is 19.1 Å². The lowest BCUT2D eigenvalue weighted by atomic mass is 9.85. The zero-order valence-electron chi connectivity index (χ0n) is 24.6. The maximum absolute atomic E-state index is 13.1. The third-order valence-corrected chi connectivity index (χ3v) is 6.51. The van der Waals surface area contributed by atoms with E-state index in [1.807, 2.05) is 46.4 Å². The van der Waals surface area contributed by atoms with Gasteiger partial charge in [0.25, 0.3) is 0 Å². The number of hydrogen-bond donors (Lipinski definition) is 2. The molecule has 9 nitrogen and oxygen atoms in total. The van der Waals surface area contributed by atoms with E-state index >= 15 is 0 Å². The van der Waals surface area contributed by atoms with Crippen molar-refractivity contribution < 1.29 is 23.9 Å². The number of amides is 3. The van der Waals surface area contributed by atoms with Gasteiger partial charge in [0.05, 0.1) is 13.2 Å². The minimum absolute atomic E-state index is 0.0359. The fraction of sp³-hybridized carbons (Fsp3) is 0.893. The van der Waals surface area contributed by atoms with Gasteiger partial charge in [-0.15, -0.1) is 0 Å². The van der Waals surface area contributed by atoms with Crippen LogP contribution in [0.5, 0.6) is 0 Å². The SMILES string of the molecule is CC1CCCN1C(=O)C(NC(=O)CCCCCCCN(CCOCCN)C(=O)OC(C)(C)C)C(C)(C)C. The van der Waals surface area contributed by atoms with Crippen molar-refractivity contribution in [1.29, 1.82) is 0 Å². The van der Waals surface area contributed by atoms with Crippen molar-refractivity contribution in [3.05, 3.63) is 0 Å². The molecule has 0 radical (unpaired) electrons. The van der Waals surface area contributed by atoms with E-state index in [0.29, 0.717) is 39.3 Å². The third-order valence-electron chi connectivity index (χ3n) is 6.51. The van der Waals surface area contributed by atoms with E-state index in [-0.39, 0.29) is 29.4 Å². The predicted molar refractivity (Wildman–Crippen MR) is 147 cm³/mol. The lowest BCUT2D eigenvalue weighted by Gasteiger charge is -2.35. The molecule has 216 valence electrons. The van der Waals surface area contributed by atoms with Gasteiger partial charge in [-0.25, -0.2) is 4.79 Å². The van der Waals surface area contributed by atoms with Gasteiger partial charge in [0.1, 0.15) is 11.6 Å². The van der Waals surface area contributed by atoms with Crippen molar-refractivity contribution in [3.8, 4) is 0 Å². The van der Waals surface area contributed by atoms with Crippen molar-refractivity contribution in [2.45, 2.75) is 118 Å². The number of nitrogens with zero attached hydrogens (tertiary/aromatic N) is 2. The van der Waals surface area contributed by atoms with E-state index in [0.717, 1.165) is 51.5 Å². The molecule has 0 aliphatic carbocycles. The van der Waals surface area contributed by atoms with Crippen molar-refractivity contribution in [2.75, 3.05) is 39.4 Å². The average molecular weight is 527 g/mol. The van der Waals surface area contributed by atoms with Gasteiger partial charge in [0.2, 0.25) is 11.8 Å². The summed E-state index contributed by atoms with van der Waals surface area (Å²) in [5.74, 6) is -0.0254. The Morgan fingerprint density at radius 1 is 1.00 bits per heavy atom. The molecule has 1 saturated heterocycles. The zero-order chi connectivity index (χ0) is 28.1. The number of nitrogens with one attached hydrogen (secondary N) is 1. The van der Waals surface area contributed by atoms with E-state index in [4.69, 9.17) is 15.2 Å². The summed E-state index contributed by atoms with van der Waals surface area (Å²) in [4.78, 5) is 41.9. The topological polar surface area (TPSA) is 114 Å². The molecule has 0 aromatic carbocycles. The standard InChI is InChI=1S/C28H54N4O5/c1-22-14-13-18-32(22)25(34)24(27(2,3)4)30-23(33)15-11-9-8-10-12-17-31(19-21-36-20-16-29)26(35)37-28(5,6)7/h22,24H,8-21,29H2,1-7H3,(H,30,33). The van der Waals surface area contributed by atoms with Crippen LogP contribution in [0.15, 0.2) is 0 Å². The number of carbonyl (C=O) groups excluding carboxylic acids is 3. The highest BCUT2D eigenvalue weighted by Crippen LogP contribution is 2.25. The van der Waals surface area contributed by atoms with Gasteiger partial charge in [-0.2, -0.15) is 0 Å². The van der Waals surface area contributed by atoms with Crippen molar-refractivity contribution in [3.63, 3.8) is 0 Å². The van der Waals surface area contributed by atoms with Gasteiger partial charge in [-0.1, -0.05) is 40.0 Å². The number of ether oxygens (including phenoxy) is 2. The van der Waals surface area contributed by atoms with Crippen LogP contribution in [0.2, 0.25) is 0 Å². The molecule has 0 aromatic rings. The van der Waals surface area contributed by atoms with Crippen molar-refractivity contribution in [1.82, 2.24) is 15.1 Å². The van der Waals surface area contributed by atoms with Crippen LogP contribution < -0.4 is 11.1 Å². The van der Waals surface area contributed by atoms with Gasteiger partial charge in [0, 0.05) is 38.6 Å². The molecular formula is C28H54N4O5. The molecule has 3 amide bonds. The number of carbonyl (C=O) groups is 3. The monoisotopic (exact) mass is 526 g/mol. The van der Waals surface area contributed by atoms with E-state index in [1.165, 1.54) is 0 Å². The Kier molecular flexibility index (Phi) is 14.5. The van der Waals surface area contributed by atoms with E-state index in [2.05, 4.69) is 12.2 Å². The predicted octanol–water partition coefficient (Wildman–Crippen LogP) is 4.08. The maximum Gasteiger partial charge on any atom is 0.410 e. The van der Waals surface area contributed by atoms with Gasteiger partial charge in [0.15, 0.2) is 0 Å². The fourth-order valence-electron chi connectivity index (χ4n) is 4.41. The number of hydrogen-bond acceptors (Lipinski definition) is 6. The van der Waals surface area contributed by atoms with E-state index in [1.54, 1.807) is 4.90 Å². The van der Waals surface area contributed by atoms with Crippen LogP contribution in [0.25, 0.3) is 0 Å². The van der Waals surface area contributed by atoms with E-state index < -0.39 is 11.6 Å². The van der Waals surface area contributed by atoms with Crippen LogP contribution in [-0.4, -0.2) is 84.8 Å². The molecule has 9 heteroatoms. The Balaban J connectivity index is 2.38. The normalized spacial score (nSPS) is 17.0. The summed E-state index contributed by atoms with van der Waals surface area (Å²) in [7, 11) is 0. The zero-order valence-corrected chi connectivity index (χ0v) is 24.6. The molecule has 1 aliphatic heterocycles. The summed E-state index contributed by atoms with van der Waals surface area (Å²) in [6, 6.07) is -0.271. The Bertz CT molecular complexity index is 702. The van der Waals surface area contributed by atoms with Crippen molar-refractivity contribution >= 4 is 17.9 Å². The average Bonchev–Trinajstić information content (AvgIpc) is 3.21. The Labute approximate surface area is 225 Å². The molecule has 0 saturated carbocycles. The second-order valence-electron chi connectivity index (χ2n) is 12.3. The third kappa shape index (κ3) is 13.5. The maximum atomic E-state index is 13.1. The van der Waals surface area contributed by atoms with Crippen LogP contribution in [0.1, 0.15) is 99.8 Å². The Hall–Kier alpha value is -1.87. The van der Waals surface area contributed by atoms with Crippen LogP contribution in [0.3, 0.4) is 0 Å². The molecule has 1 aliphatic rings. The molecular weight excluding hydrogens is 472 g/mol. The van der Waals surface area contributed by atoms with Crippen LogP contribution >= 0.6 is 0 Å². The summed E-state index contributed by atoms with van der Waals surface area (Å²) >= 11 is 0. The lowest BCUT2D eigenvalue weighted by Crippen LogP contribution is -2.55. The van der Waals surface area contributed by atoms with Crippen LogP contribution in [0, 0.1) is 5.41 Å². The summed E-state index contributed by atoms with van der Waals surface area (Å²) in [5, 5.41) is 3.02. The van der Waals surface area contributed by atoms with Gasteiger partial charge < -0.3 is 30.3 Å². The molecule has 2 atom stereocenters. The quantitative estimate of drug-likeness (QED) is 0.311. The number of nitrogens with two attached hydrogens (primary N) is 1. The molecule has 3 N–H and O–H groups in total. The first-order chi connectivity index (χ1) is 17.3. The highest BCUT2D eigenvalue weighted by Gasteiger charge is 2.38. The molecule has 1 fully saturated rings. The molecule has 0 aromatic heterocycles. The first-order valence-corrected chi connectivity index (χ1v) is 14.1. The fourth-order valence-corrected chi connectivity index (χ4v) is 4.41. The van der Waals surface area contributed by atoms with Gasteiger partial charge in [-0.05, 0) is 58.8 Å². The molecule has 1 rings (SSSR count).